The van der Waals surface area contributed by atoms with E-state index in [4.69, 9.17) is 27.2 Å². The van der Waals surface area contributed by atoms with Crippen LogP contribution in [0.2, 0.25) is 5.02 Å². The third-order valence-electron chi connectivity index (χ3n) is 1.46. The molecular weight excluding hydrogens is 190 g/mol. The summed E-state index contributed by atoms with van der Waals surface area (Å²) in [5.41, 5.74) is 6.13. The van der Waals surface area contributed by atoms with Gasteiger partial charge in [0.2, 0.25) is 0 Å². The second-order valence-corrected chi connectivity index (χ2v) is 3.28. The van der Waals surface area contributed by atoms with E-state index in [1.807, 2.05) is 0 Å². The van der Waals surface area contributed by atoms with Crippen LogP contribution in [0.4, 0.5) is 5.69 Å². The van der Waals surface area contributed by atoms with Crippen molar-refractivity contribution < 1.29 is 9.84 Å². The topological polar surface area (TPSA) is 55.5 Å². The van der Waals surface area contributed by atoms with Crippen molar-refractivity contribution in [2.75, 3.05) is 12.3 Å². The van der Waals surface area contributed by atoms with Crippen molar-refractivity contribution >= 4 is 17.3 Å². The maximum Gasteiger partial charge on any atom is 0.143 e. The van der Waals surface area contributed by atoms with E-state index in [0.29, 0.717) is 16.5 Å². The van der Waals surface area contributed by atoms with E-state index in [9.17, 15) is 0 Å². The summed E-state index contributed by atoms with van der Waals surface area (Å²) in [6.45, 7) is 1.85. The molecule has 0 fully saturated rings. The fourth-order valence-corrected chi connectivity index (χ4v) is 1.01. The zero-order valence-electron chi connectivity index (χ0n) is 7.33. The summed E-state index contributed by atoms with van der Waals surface area (Å²) in [7, 11) is 0. The maximum atomic E-state index is 8.98. The Hall–Kier alpha value is -0.930. The van der Waals surface area contributed by atoms with Gasteiger partial charge < -0.3 is 15.6 Å². The third-order valence-corrected chi connectivity index (χ3v) is 1.69. The molecule has 0 heterocycles. The molecule has 0 radical (unpaired) electrons. The number of anilines is 1. The van der Waals surface area contributed by atoms with Crippen molar-refractivity contribution in [3.63, 3.8) is 0 Å². The molecule has 0 bridgehead atoms. The first-order chi connectivity index (χ1) is 6.09. The number of hydrogen-bond donors (Lipinski definition) is 2. The van der Waals surface area contributed by atoms with Crippen LogP contribution in [0.3, 0.4) is 0 Å². The molecule has 4 heteroatoms. The number of rotatable bonds is 3. The van der Waals surface area contributed by atoms with E-state index in [1.165, 1.54) is 0 Å². The molecule has 0 saturated heterocycles. The predicted molar refractivity (Wildman–Crippen MR) is 53.0 cm³/mol. The van der Waals surface area contributed by atoms with Crippen LogP contribution in [-0.2, 0) is 0 Å². The zero-order chi connectivity index (χ0) is 9.84. The summed E-state index contributed by atoms with van der Waals surface area (Å²) in [5.74, 6) is 0.508. The minimum absolute atomic E-state index is 0.213. The normalized spacial score (nSPS) is 12.5. The van der Waals surface area contributed by atoms with Crippen molar-refractivity contribution in [1.82, 2.24) is 0 Å². The highest BCUT2D eigenvalue weighted by atomic mass is 35.5. The highest BCUT2D eigenvalue weighted by Crippen LogP contribution is 2.25. The summed E-state index contributed by atoms with van der Waals surface area (Å²) < 4.78 is 5.22. The highest BCUT2D eigenvalue weighted by molar-refractivity contribution is 6.30. The van der Waals surface area contributed by atoms with E-state index >= 15 is 0 Å². The number of nitrogen functional groups attached to an aromatic ring is 1. The van der Waals surface area contributed by atoms with Crippen LogP contribution in [0.25, 0.3) is 0 Å². The molecule has 1 aromatic carbocycles. The minimum atomic E-state index is -0.515. The lowest BCUT2D eigenvalue weighted by atomic mass is 10.3. The van der Waals surface area contributed by atoms with Crippen molar-refractivity contribution in [2.45, 2.75) is 13.0 Å². The van der Waals surface area contributed by atoms with Gasteiger partial charge in [-0.3, -0.25) is 0 Å². The van der Waals surface area contributed by atoms with E-state index in [0.717, 1.165) is 0 Å². The number of ether oxygens (including phenoxy) is 1. The van der Waals surface area contributed by atoms with Crippen molar-refractivity contribution in [1.29, 1.82) is 0 Å². The maximum absolute atomic E-state index is 8.98. The molecule has 1 unspecified atom stereocenters. The Morgan fingerprint density at radius 3 is 2.92 bits per heavy atom. The van der Waals surface area contributed by atoms with Gasteiger partial charge in [-0.15, -0.1) is 0 Å². The van der Waals surface area contributed by atoms with E-state index in [1.54, 1.807) is 25.1 Å². The summed E-state index contributed by atoms with van der Waals surface area (Å²) >= 11 is 5.73. The fourth-order valence-electron chi connectivity index (χ4n) is 0.844. The first-order valence-electron chi connectivity index (χ1n) is 3.95. The Labute approximate surface area is 82.1 Å². The van der Waals surface area contributed by atoms with E-state index < -0.39 is 6.10 Å². The largest absolute Gasteiger partial charge is 0.489 e. The summed E-state index contributed by atoms with van der Waals surface area (Å²) in [6, 6.07) is 4.98. The van der Waals surface area contributed by atoms with Crippen LogP contribution in [-0.4, -0.2) is 17.8 Å². The second-order valence-electron chi connectivity index (χ2n) is 2.84. The average molecular weight is 202 g/mol. The van der Waals surface area contributed by atoms with Crippen LogP contribution in [0.5, 0.6) is 5.75 Å². The third kappa shape index (κ3) is 3.13. The van der Waals surface area contributed by atoms with Gasteiger partial charge in [-0.25, -0.2) is 0 Å². The molecule has 0 aromatic heterocycles. The molecule has 13 heavy (non-hydrogen) atoms. The van der Waals surface area contributed by atoms with Gasteiger partial charge in [-0.1, -0.05) is 11.6 Å². The molecule has 72 valence electrons. The molecule has 1 aromatic rings. The smallest absolute Gasteiger partial charge is 0.143 e. The standard InChI is InChI=1S/C9H12ClNO2/c1-6(12)5-13-9-4-7(10)2-3-8(9)11/h2-4,6,12H,5,11H2,1H3. The number of benzene rings is 1. The number of nitrogens with two attached hydrogens (primary N) is 1. The van der Waals surface area contributed by atoms with Gasteiger partial charge in [0.1, 0.15) is 12.4 Å². The predicted octanol–water partition coefficient (Wildman–Crippen LogP) is 1.68. The van der Waals surface area contributed by atoms with Gasteiger partial charge in [0.05, 0.1) is 11.8 Å². The van der Waals surface area contributed by atoms with Gasteiger partial charge >= 0.3 is 0 Å². The van der Waals surface area contributed by atoms with Gasteiger partial charge in [0.15, 0.2) is 0 Å². The number of halogens is 1. The molecule has 0 spiro atoms. The number of hydrogen-bond acceptors (Lipinski definition) is 3. The number of aliphatic hydroxyl groups excluding tert-OH is 1. The molecule has 3 N–H and O–H groups in total. The van der Waals surface area contributed by atoms with Gasteiger partial charge in [-0.05, 0) is 19.1 Å². The zero-order valence-corrected chi connectivity index (χ0v) is 8.08. The molecule has 1 atom stereocenters. The lowest BCUT2D eigenvalue weighted by Gasteiger charge is -2.10. The van der Waals surface area contributed by atoms with Crippen LogP contribution in [0.15, 0.2) is 18.2 Å². The second kappa shape index (κ2) is 4.35. The first kappa shape index (κ1) is 10.2. The fraction of sp³-hybridized carbons (Fsp3) is 0.333. The summed E-state index contributed by atoms with van der Waals surface area (Å²) in [6.07, 6.45) is -0.515. The van der Waals surface area contributed by atoms with Crippen LogP contribution < -0.4 is 10.5 Å². The molecular formula is C9H12ClNO2. The van der Waals surface area contributed by atoms with Gasteiger partial charge in [-0.2, -0.15) is 0 Å². The van der Waals surface area contributed by atoms with Crippen molar-refractivity contribution in [3.8, 4) is 5.75 Å². The average Bonchev–Trinajstić information content (AvgIpc) is 2.06. The minimum Gasteiger partial charge on any atom is -0.489 e. The molecule has 3 nitrogen and oxygen atoms in total. The lowest BCUT2D eigenvalue weighted by Crippen LogP contribution is -2.13. The van der Waals surface area contributed by atoms with E-state index in [2.05, 4.69) is 0 Å². The van der Waals surface area contributed by atoms with Crippen LogP contribution in [0.1, 0.15) is 6.92 Å². The lowest BCUT2D eigenvalue weighted by molar-refractivity contribution is 0.123. The van der Waals surface area contributed by atoms with Gasteiger partial charge in [0, 0.05) is 11.1 Å². The van der Waals surface area contributed by atoms with Crippen molar-refractivity contribution in [3.05, 3.63) is 23.2 Å². The Bertz CT molecular complexity index is 289. The molecule has 1 rings (SSSR count). The molecule has 0 aliphatic rings. The molecule has 0 saturated carbocycles. The van der Waals surface area contributed by atoms with Crippen LogP contribution >= 0.6 is 11.6 Å². The Kier molecular flexibility index (Phi) is 3.39. The summed E-state index contributed by atoms with van der Waals surface area (Å²) in [4.78, 5) is 0. The SMILES string of the molecule is CC(O)COc1cc(Cl)ccc1N. The monoisotopic (exact) mass is 201 g/mol. The quantitative estimate of drug-likeness (QED) is 0.732. The van der Waals surface area contributed by atoms with Crippen molar-refractivity contribution in [2.24, 2.45) is 0 Å². The molecule has 0 aliphatic carbocycles. The highest BCUT2D eigenvalue weighted by Gasteiger charge is 2.02. The molecule has 0 aliphatic heterocycles. The number of aliphatic hydroxyl groups is 1. The molecule has 0 amide bonds. The summed E-state index contributed by atoms with van der Waals surface area (Å²) in [5, 5.41) is 9.54. The first-order valence-corrected chi connectivity index (χ1v) is 4.33. The van der Waals surface area contributed by atoms with Crippen LogP contribution in [0, 0.1) is 0 Å². The van der Waals surface area contributed by atoms with E-state index in [-0.39, 0.29) is 6.61 Å². The Morgan fingerprint density at radius 1 is 1.62 bits per heavy atom. The Morgan fingerprint density at radius 2 is 2.31 bits per heavy atom. The Balaban J connectivity index is 2.70. The van der Waals surface area contributed by atoms with Gasteiger partial charge in [0.25, 0.3) is 0 Å².